The van der Waals surface area contributed by atoms with Gasteiger partial charge in [-0.25, -0.2) is 14.8 Å². The molecule has 1 aliphatic heterocycles. The summed E-state index contributed by atoms with van der Waals surface area (Å²) in [6.07, 6.45) is 0. The molecule has 0 unspecified atom stereocenters. The molecular weight excluding hydrogens is 496 g/mol. The minimum absolute atomic E-state index is 0.0437. The average molecular weight is 535 g/mol. The first-order valence-electron chi connectivity index (χ1n) is 12.9. The molecular formula is C26H38N4O8+2. The van der Waals surface area contributed by atoms with Gasteiger partial charge in [-0.15, -0.1) is 0 Å². The van der Waals surface area contributed by atoms with Gasteiger partial charge < -0.3 is 38.6 Å². The summed E-state index contributed by atoms with van der Waals surface area (Å²) in [5.74, 6) is -0.751. The standard InChI is InChI=1S/C26H36N4O8/c31-21-38-25-6-2-4-23(28-25)20-30-9-13-36-17-15-34-11-7-29(8-12-35-16-18-37-14-10-30)19-22-3-1-5-24(27-22)26(32)33/h1-6,21H,7-20H2,(H,32,33)/p+2. The number of nitrogens with zero attached hydrogens (tertiary/aromatic N) is 2. The van der Waals surface area contributed by atoms with E-state index in [4.69, 9.17) is 23.7 Å². The Morgan fingerprint density at radius 1 is 0.763 bits per heavy atom. The van der Waals surface area contributed by atoms with Crippen LogP contribution in [0.3, 0.4) is 0 Å². The molecule has 0 atom stereocenters. The number of carbonyl (C=O) groups is 2. The third-order valence-corrected chi connectivity index (χ3v) is 5.98. The quantitative estimate of drug-likeness (QED) is 0.352. The molecule has 3 heterocycles. The molecule has 3 rings (SSSR count). The van der Waals surface area contributed by atoms with Gasteiger partial charge in [0.25, 0.3) is 6.47 Å². The number of quaternary nitrogens is 2. The van der Waals surface area contributed by atoms with Crippen LogP contribution in [-0.2, 0) is 36.8 Å². The Labute approximate surface area is 222 Å². The number of aromatic carboxylic acids is 1. The van der Waals surface area contributed by atoms with Crippen LogP contribution in [0.25, 0.3) is 0 Å². The van der Waals surface area contributed by atoms with Gasteiger partial charge in [0.1, 0.15) is 45.0 Å². The van der Waals surface area contributed by atoms with E-state index in [0.717, 1.165) is 37.6 Å². The zero-order valence-electron chi connectivity index (χ0n) is 21.6. The highest BCUT2D eigenvalue weighted by Gasteiger charge is 2.15. The van der Waals surface area contributed by atoms with E-state index in [0.29, 0.717) is 72.4 Å². The van der Waals surface area contributed by atoms with Crippen LogP contribution in [0.5, 0.6) is 5.88 Å². The molecule has 0 saturated carbocycles. The second kappa shape index (κ2) is 17.5. The topological polar surface area (TPSA) is 135 Å². The number of aromatic nitrogens is 2. The lowest BCUT2D eigenvalue weighted by atomic mass is 10.3. The first-order valence-corrected chi connectivity index (χ1v) is 12.9. The number of ether oxygens (including phenoxy) is 5. The Morgan fingerprint density at radius 2 is 1.24 bits per heavy atom. The molecule has 0 aromatic carbocycles. The number of hydrogen-bond acceptors (Lipinski definition) is 9. The summed E-state index contributed by atoms with van der Waals surface area (Å²) in [5, 5.41) is 9.21. The Balaban J connectivity index is 1.47. The second-order valence-electron chi connectivity index (χ2n) is 8.80. The van der Waals surface area contributed by atoms with Crippen LogP contribution < -0.4 is 14.5 Å². The van der Waals surface area contributed by atoms with E-state index in [-0.39, 0.29) is 11.6 Å². The minimum atomic E-state index is -1.03. The molecule has 12 heteroatoms. The van der Waals surface area contributed by atoms with Gasteiger partial charge in [-0.3, -0.25) is 4.79 Å². The molecule has 1 aliphatic rings. The Bertz CT molecular complexity index is 960. The lowest BCUT2D eigenvalue weighted by Gasteiger charge is -2.21. The normalized spacial score (nSPS) is 21.1. The van der Waals surface area contributed by atoms with Gasteiger partial charge in [-0.1, -0.05) is 12.1 Å². The smallest absolute Gasteiger partial charge is 0.354 e. The van der Waals surface area contributed by atoms with E-state index >= 15 is 0 Å². The Morgan fingerprint density at radius 3 is 1.71 bits per heavy atom. The van der Waals surface area contributed by atoms with Crippen molar-refractivity contribution < 1.29 is 48.2 Å². The number of carboxylic acid groups (broad SMARTS) is 1. The molecule has 0 spiro atoms. The van der Waals surface area contributed by atoms with Crippen LogP contribution >= 0.6 is 0 Å². The average Bonchev–Trinajstić information content (AvgIpc) is 2.91. The molecule has 2 aromatic rings. The van der Waals surface area contributed by atoms with Gasteiger partial charge in [0, 0.05) is 6.07 Å². The van der Waals surface area contributed by atoms with E-state index in [1.54, 1.807) is 12.1 Å². The van der Waals surface area contributed by atoms with Crippen molar-refractivity contribution in [3.8, 4) is 5.88 Å². The third kappa shape index (κ3) is 11.6. The third-order valence-electron chi connectivity index (χ3n) is 5.98. The van der Waals surface area contributed by atoms with Crippen LogP contribution in [-0.4, -0.2) is 107 Å². The molecule has 0 aliphatic carbocycles. The zero-order chi connectivity index (χ0) is 26.8. The van der Waals surface area contributed by atoms with Crippen molar-refractivity contribution in [2.75, 3.05) is 79.0 Å². The van der Waals surface area contributed by atoms with Crippen molar-refractivity contribution in [3.63, 3.8) is 0 Å². The lowest BCUT2D eigenvalue weighted by molar-refractivity contribution is -0.915. The molecule has 0 bridgehead atoms. The summed E-state index contributed by atoms with van der Waals surface area (Å²) < 4.78 is 28.0. The van der Waals surface area contributed by atoms with E-state index in [9.17, 15) is 14.7 Å². The molecule has 3 N–H and O–H groups in total. The largest absolute Gasteiger partial charge is 0.477 e. The molecule has 12 nitrogen and oxygen atoms in total. The van der Waals surface area contributed by atoms with Gasteiger partial charge in [-0.2, -0.15) is 0 Å². The second-order valence-corrected chi connectivity index (χ2v) is 8.80. The predicted molar refractivity (Wildman–Crippen MR) is 134 cm³/mol. The lowest BCUT2D eigenvalue weighted by Crippen LogP contribution is -3.11. The van der Waals surface area contributed by atoms with Crippen LogP contribution in [0.15, 0.2) is 36.4 Å². The highest BCUT2D eigenvalue weighted by Crippen LogP contribution is 2.05. The highest BCUT2D eigenvalue weighted by atomic mass is 16.5. The van der Waals surface area contributed by atoms with Crippen LogP contribution in [0, 0.1) is 0 Å². The number of rotatable bonds is 7. The van der Waals surface area contributed by atoms with E-state index in [1.165, 1.54) is 15.9 Å². The summed E-state index contributed by atoms with van der Waals surface area (Å²) in [4.78, 5) is 32.9. The van der Waals surface area contributed by atoms with Crippen molar-refractivity contribution in [3.05, 3.63) is 53.5 Å². The SMILES string of the molecule is O=COc1cccc(C[NH+]2CCOCCOCC[NH+](Cc3cccc(C(=O)O)n3)CCOCCOCC2)n1. The van der Waals surface area contributed by atoms with Gasteiger partial charge in [-0.05, 0) is 18.2 Å². The first-order chi connectivity index (χ1) is 18.6. The zero-order valence-corrected chi connectivity index (χ0v) is 21.6. The summed E-state index contributed by atoms with van der Waals surface area (Å²) in [7, 11) is 0. The number of pyridine rings is 2. The summed E-state index contributed by atoms with van der Waals surface area (Å²) >= 11 is 0. The van der Waals surface area contributed by atoms with Crippen molar-refractivity contribution in [1.82, 2.24) is 9.97 Å². The first kappa shape index (κ1) is 29.6. The maximum atomic E-state index is 11.2. The van der Waals surface area contributed by atoms with Gasteiger partial charge in [0.05, 0.1) is 64.2 Å². The maximum Gasteiger partial charge on any atom is 0.354 e. The molecule has 38 heavy (non-hydrogen) atoms. The van der Waals surface area contributed by atoms with E-state index in [1.807, 2.05) is 18.2 Å². The summed E-state index contributed by atoms with van der Waals surface area (Å²) in [6, 6.07) is 10.4. The van der Waals surface area contributed by atoms with Gasteiger partial charge in [0.2, 0.25) is 5.88 Å². The Hall–Kier alpha value is -3.00. The highest BCUT2D eigenvalue weighted by molar-refractivity contribution is 5.85. The molecule has 2 aromatic heterocycles. The van der Waals surface area contributed by atoms with E-state index < -0.39 is 5.97 Å². The molecule has 0 amide bonds. The van der Waals surface area contributed by atoms with Crippen LogP contribution in [0.1, 0.15) is 21.9 Å². The van der Waals surface area contributed by atoms with Gasteiger partial charge >= 0.3 is 5.97 Å². The fourth-order valence-corrected chi connectivity index (χ4v) is 3.99. The van der Waals surface area contributed by atoms with Crippen molar-refractivity contribution in [2.45, 2.75) is 13.1 Å². The van der Waals surface area contributed by atoms with Crippen molar-refractivity contribution in [1.29, 1.82) is 0 Å². The summed E-state index contributed by atoms with van der Waals surface area (Å²) in [5.41, 5.74) is 1.59. The monoisotopic (exact) mass is 534 g/mol. The fourth-order valence-electron chi connectivity index (χ4n) is 3.99. The number of hydrogen-bond donors (Lipinski definition) is 3. The molecule has 1 saturated heterocycles. The van der Waals surface area contributed by atoms with Crippen molar-refractivity contribution >= 4 is 12.4 Å². The van der Waals surface area contributed by atoms with Crippen LogP contribution in [0.4, 0.5) is 0 Å². The number of nitrogens with one attached hydrogen (secondary N) is 2. The molecule has 1 fully saturated rings. The number of carboxylic acids is 1. The minimum Gasteiger partial charge on any atom is -0.477 e. The van der Waals surface area contributed by atoms with Gasteiger partial charge in [0.15, 0.2) is 0 Å². The molecule has 208 valence electrons. The fraction of sp³-hybridized carbons (Fsp3) is 0.538. The maximum absolute atomic E-state index is 11.2. The van der Waals surface area contributed by atoms with Crippen LogP contribution in [0.2, 0.25) is 0 Å². The summed E-state index contributed by atoms with van der Waals surface area (Å²) in [6.45, 7) is 8.78. The molecule has 0 radical (unpaired) electrons. The predicted octanol–water partition coefficient (Wildman–Crippen LogP) is -1.74. The number of carbonyl (C=O) groups excluding carboxylic acids is 1. The Kier molecular flexibility index (Phi) is 13.6. The van der Waals surface area contributed by atoms with Crippen molar-refractivity contribution in [2.24, 2.45) is 0 Å². The van der Waals surface area contributed by atoms with E-state index in [2.05, 4.69) is 9.97 Å².